The Balaban J connectivity index is 1.49. The lowest BCUT2D eigenvalue weighted by Gasteiger charge is -2.17. The third kappa shape index (κ3) is 4.28. The van der Waals surface area contributed by atoms with Crippen LogP contribution in [0, 0.1) is 17.2 Å². The summed E-state index contributed by atoms with van der Waals surface area (Å²) < 4.78 is 5.43. The second kappa shape index (κ2) is 8.82. The molecule has 3 aromatic rings. The summed E-state index contributed by atoms with van der Waals surface area (Å²) in [5, 5.41) is 13.0. The number of ether oxygens (including phenoxy) is 1. The van der Waals surface area contributed by atoms with E-state index in [1.54, 1.807) is 19.1 Å². The van der Waals surface area contributed by atoms with Crippen molar-refractivity contribution in [3.63, 3.8) is 0 Å². The van der Waals surface area contributed by atoms with Gasteiger partial charge in [-0.2, -0.15) is 5.26 Å². The number of hydrogen-bond donors (Lipinski definition) is 1. The van der Waals surface area contributed by atoms with E-state index in [-0.39, 0.29) is 5.69 Å². The molecule has 2 unspecified atom stereocenters. The molecule has 0 radical (unpaired) electrons. The first-order valence-corrected chi connectivity index (χ1v) is 11.1. The lowest BCUT2D eigenvalue weighted by molar-refractivity contribution is -0.124. The van der Waals surface area contributed by atoms with Crippen molar-refractivity contribution >= 4 is 39.2 Å². The van der Waals surface area contributed by atoms with Gasteiger partial charge in [-0.05, 0) is 49.3 Å². The Morgan fingerprint density at radius 2 is 2.13 bits per heavy atom. The Kier molecular flexibility index (Phi) is 5.96. The van der Waals surface area contributed by atoms with E-state index in [0.29, 0.717) is 33.9 Å². The molecule has 2 aromatic heterocycles. The minimum absolute atomic E-state index is 0.0447. The SMILES string of the molecule is CCC(OC(=O)c1cnc2ccccc2n1)C(=O)Nc1sc2c(c1C#N)CCC(C)C2. The number of nitrogens with zero attached hydrogens (tertiary/aromatic N) is 3. The summed E-state index contributed by atoms with van der Waals surface area (Å²) in [5.41, 5.74) is 2.86. The molecule has 1 N–H and O–H groups in total. The van der Waals surface area contributed by atoms with E-state index in [1.165, 1.54) is 17.5 Å². The van der Waals surface area contributed by atoms with Crippen LogP contribution in [0.15, 0.2) is 30.5 Å². The van der Waals surface area contributed by atoms with Gasteiger partial charge in [-0.25, -0.2) is 9.78 Å². The highest BCUT2D eigenvalue weighted by molar-refractivity contribution is 7.16. The van der Waals surface area contributed by atoms with Gasteiger partial charge in [-0.3, -0.25) is 9.78 Å². The van der Waals surface area contributed by atoms with Crippen molar-refractivity contribution < 1.29 is 14.3 Å². The average molecular weight is 435 g/mol. The predicted molar refractivity (Wildman–Crippen MR) is 118 cm³/mol. The van der Waals surface area contributed by atoms with Crippen LogP contribution in [0.4, 0.5) is 5.00 Å². The van der Waals surface area contributed by atoms with Gasteiger partial charge >= 0.3 is 5.97 Å². The predicted octanol–water partition coefficient (Wildman–Crippen LogP) is 4.26. The number of benzene rings is 1. The van der Waals surface area contributed by atoms with Gasteiger partial charge in [-0.1, -0.05) is 26.0 Å². The Hall–Kier alpha value is -3.31. The summed E-state index contributed by atoms with van der Waals surface area (Å²) in [4.78, 5) is 35.1. The number of anilines is 1. The first kappa shape index (κ1) is 20.9. The number of carbonyl (C=O) groups is 2. The Morgan fingerprint density at radius 3 is 2.87 bits per heavy atom. The minimum atomic E-state index is -0.995. The lowest BCUT2D eigenvalue weighted by atomic mass is 9.88. The highest BCUT2D eigenvalue weighted by Crippen LogP contribution is 2.39. The van der Waals surface area contributed by atoms with E-state index >= 15 is 0 Å². The zero-order valence-corrected chi connectivity index (χ0v) is 18.2. The molecule has 0 fully saturated rings. The second-order valence-corrected chi connectivity index (χ2v) is 8.81. The summed E-state index contributed by atoms with van der Waals surface area (Å²) in [6.07, 6.45) is 3.44. The highest BCUT2D eigenvalue weighted by atomic mass is 32.1. The number of thiophene rings is 1. The maximum Gasteiger partial charge on any atom is 0.359 e. The molecule has 2 atom stereocenters. The van der Waals surface area contributed by atoms with Gasteiger partial charge in [0.25, 0.3) is 5.91 Å². The van der Waals surface area contributed by atoms with Gasteiger partial charge in [0.05, 0.1) is 22.8 Å². The standard InChI is InChI=1S/C23H22N4O3S/c1-3-19(30-23(29)18-12-25-16-6-4-5-7-17(16)26-18)21(28)27-22-15(11-24)14-9-8-13(2)10-20(14)31-22/h4-7,12-13,19H,3,8-10H2,1-2H3,(H,27,28). The fraction of sp³-hybridized carbons (Fsp3) is 0.348. The molecule has 158 valence electrons. The van der Waals surface area contributed by atoms with E-state index in [9.17, 15) is 14.9 Å². The van der Waals surface area contributed by atoms with Gasteiger partial charge in [0.2, 0.25) is 0 Å². The molecular weight excluding hydrogens is 412 g/mol. The first-order chi connectivity index (χ1) is 15.0. The number of nitriles is 1. The van der Waals surface area contributed by atoms with Crippen molar-refractivity contribution in [2.45, 2.75) is 45.6 Å². The monoisotopic (exact) mass is 434 g/mol. The molecule has 7 nitrogen and oxygen atoms in total. The Bertz CT molecular complexity index is 1200. The molecule has 0 saturated carbocycles. The van der Waals surface area contributed by atoms with Crippen molar-refractivity contribution in [3.8, 4) is 6.07 Å². The molecule has 1 aromatic carbocycles. The fourth-order valence-electron chi connectivity index (χ4n) is 3.72. The number of aromatic nitrogens is 2. The molecule has 4 rings (SSSR count). The molecule has 1 amide bonds. The van der Waals surface area contributed by atoms with E-state index < -0.39 is 18.0 Å². The number of amides is 1. The van der Waals surface area contributed by atoms with Crippen molar-refractivity contribution in [1.82, 2.24) is 9.97 Å². The number of carbonyl (C=O) groups excluding carboxylic acids is 2. The molecule has 0 bridgehead atoms. The molecule has 0 spiro atoms. The zero-order valence-electron chi connectivity index (χ0n) is 17.3. The van der Waals surface area contributed by atoms with Gasteiger partial charge in [-0.15, -0.1) is 11.3 Å². The Labute approximate surface area is 184 Å². The van der Waals surface area contributed by atoms with E-state index in [4.69, 9.17) is 4.74 Å². The molecule has 31 heavy (non-hydrogen) atoms. The lowest BCUT2D eigenvalue weighted by Crippen LogP contribution is -2.32. The van der Waals surface area contributed by atoms with Crippen LogP contribution in [0.5, 0.6) is 0 Å². The van der Waals surface area contributed by atoms with Crippen molar-refractivity contribution in [2.75, 3.05) is 5.32 Å². The van der Waals surface area contributed by atoms with Crippen LogP contribution in [0.1, 0.15) is 53.2 Å². The normalized spacial score (nSPS) is 16.2. The molecule has 0 saturated heterocycles. The number of fused-ring (bicyclic) bond motifs is 2. The summed E-state index contributed by atoms with van der Waals surface area (Å²) in [6.45, 7) is 3.95. The van der Waals surface area contributed by atoms with Crippen LogP contribution >= 0.6 is 11.3 Å². The average Bonchev–Trinajstić information content (AvgIpc) is 3.12. The van der Waals surface area contributed by atoms with Gasteiger partial charge in [0.15, 0.2) is 11.8 Å². The van der Waals surface area contributed by atoms with Crippen LogP contribution < -0.4 is 5.32 Å². The highest BCUT2D eigenvalue weighted by Gasteiger charge is 2.28. The maximum absolute atomic E-state index is 12.8. The third-order valence-electron chi connectivity index (χ3n) is 5.43. The van der Waals surface area contributed by atoms with Crippen molar-refractivity contribution in [1.29, 1.82) is 5.26 Å². The number of esters is 1. The molecule has 1 aliphatic rings. The van der Waals surface area contributed by atoms with Gasteiger partial charge in [0, 0.05) is 4.88 Å². The van der Waals surface area contributed by atoms with E-state index in [1.807, 2.05) is 12.1 Å². The quantitative estimate of drug-likeness (QED) is 0.602. The zero-order chi connectivity index (χ0) is 22.0. The van der Waals surface area contributed by atoms with Gasteiger partial charge in [0.1, 0.15) is 11.1 Å². The summed E-state index contributed by atoms with van der Waals surface area (Å²) in [6, 6.07) is 9.44. The number of hydrogen-bond acceptors (Lipinski definition) is 7. The molecule has 8 heteroatoms. The minimum Gasteiger partial charge on any atom is -0.447 e. The van der Waals surface area contributed by atoms with E-state index in [2.05, 4.69) is 28.3 Å². The fourth-order valence-corrected chi connectivity index (χ4v) is 5.08. The van der Waals surface area contributed by atoms with E-state index in [0.717, 1.165) is 29.7 Å². The van der Waals surface area contributed by atoms with Crippen LogP contribution in [0.3, 0.4) is 0 Å². The molecule has 2 heterocycles. The van der Waals surface area contributed by atoms with Crippen LogP contribution in [0.25, 0.3) is 11.0 Å². The molecule has 0 aliphatic heterocycles. The third-order valence-corrected chi connectivity index (χ3v) is 6.60. The maximum atomic E-state index is 12.8. The van der Waals surface area contributed by atoms with Crippen LogP contribution in [0.2, 0.25) is 0 Å². The Morgan fingerprint density at radius 1 is 1.35 bits per heavy atom. The van der Waals surface area contributed by atoms with Crippen LogP contribution in [-0.2, 0) is 22.4 Å². The number of nitrogens with one attached hydrogen (secondary N) is 1. The topological polar surface area (TPSA) is 105 Å². The smallest absolute Gasteiger partial charge is 0.359 e. The summed E-state index contributed by atoms with van der Waals surface area (Å²) in [5.74, 6) is -0.596. The summed E-state index contributed by atoms with van der Waals surface area (Å²) in [7, 11) is 0. The molecular formula is C23H22N4O3S. The second-order valence-electron chi connectivity index (χ2n) is 7.70. The largest absolute Gasteiger partial charge is 0.447 e. The molecule has 1 aliphatic carbocycles. The first-order valence-electron chi connectivity index (χ1n) is 10.3. The van der Waals surface area contributed by atoms with Gasteiger partial charge < -0.3 is 10.1 Å². The number of rotatable bonds is 5. The summed E-state index contributed by atoms with van der Waals surface area (Å²) >= 11 is 1.45. The van der Waals surface area contributed by atoms with Crippen LogP contribution in [-0.4, -0.2) is 27.9 Å². The van der Waals surface area contributed by atoms with Crippen molar-refractivity contribution in [3.05, 3.63) is 52.2 Å². The van der Waals surface area contributed by atoms with Crippen molar-refractivity contribution in [2.24, 2.45) is 5.92 Å². The number of para-hydroxylation sites is 2.